The molecule has 0 aliphatic heterocycles. The van der Waals surface area contributed by atoms with Crippen LogP contribution in [0, 0.1) is 0 Å². The first-order valence-corrected chi connectivity index (χ1v) is 6.62. The summed E-state index contributed by atoms with van der Waals surface area (Å²) < 4.78 is 0. The van der Waals surface area contributed by atoms with Gasteiger partial charge < -0.3 is 0 Å². The zero-order valence-corrected chi connectivity index (χ0v) is 11.9. The third kappa shape index (κ3) is 3.07. The highest BCUT2D eigenvalue weighted by molar-refractivity contribution is 9.09. The van der Waals surface area contributed by atoms with E-state index in [0.29, 0.717) is 16.7 Å². The van der Waals surface area contributed by atoms with Crippen molar-refractivity contribution in [1.29, 1.82) is 0 Å². The first-order chi connectivity index (χ1) is 6.93. The van der Waals surface area contributed by atoms with E-state index in [1.807, 2.05) is 0 Å². The SMILES string of the molecule is CC(C)c1ccc(C(C)Br)c(C(C)C)c1. The van der Waals surface area contributed by atoms with Crippen LogP contribution >= 0.6 is 15.9 Å². The molecule has 1 unspecified atom stereocenters. The molecule has 1 atom stereocenters. The number of alkyl halides is 1. The maximum Gasteiger partial charge on any atom is 0.0369 e. The summed E-state index contributed by atoms with van der Waals surface area (Å²) in [5.74, 6) is 1.21. The monoisotopic (exact) mass is 268 g/mol. The van der Waals surface area contributed by atoms with Crippen LogP contribution in [-0.4, -0.2) is 0 Å². The van der Waals surface area contributed by atoms with Gasteiger partial charge in [-0.1, -0.05) is 61.8 Å². The zero-order chi connectivity index (χ0) is 11.6. The van der Waals surface area contributed by atoms with Crippen LogP contribution in [0.15, 0.2) is 18.2 Å². The molecule has 0 radical (unpaired) electrons. The Bertz CT molecular complexity index is 324. The molecule has 0 aliphatic rings. The molecule has 0 saturated heterocycles. The normalized spacial score (nSPS) is 13.6. The summed E-state index contributed by atoms with van der Waals surface area (Å²) >= 11 is 3.66. The smallest absolute Gasteiger partial charge is 0.0369 e. The highest BCUT2D eigenvalue weighted by Gasteiger charge is 2.12. The van der Waals surface area contributed by atoms with E-state index < -0.39 is 0 Å². The predicted octanol–water partition coefficient (Wildman–Crippen LogP) is 5.39. The number of benzene rings is 1. The predicted molar refractivity (Wildman–Crippen MR) is 72.0 cm³/mol. The number of hydrogen-bond donors (Lipinski definition) is 0. The van der Waals surface area contributed by atoms with Gasteiger partial charge in [-0.15, -0.1) is 0 Å². The largest absolute Gasteiger partial charge is 0.0842 e. The lowest BCUT2D eigenvalue weighted by Gasteiger charge is -2.17. The molecule has 0 saturated carbocycles. The fraction of sp³-hybridized carbons (Fsp3) is 0.571. The minimum Gasteiger partial charge on any atom is -0.0842 e. The average Bonchev–Trinajstić information content (AvgIpc) is 2.16. The fourth-order valence-corrected chi connectivity index (χ4v) is 2.23. The molecule has 1 rings (SSSR count). The summed E-state index contributed by atoms with van der Waals surface area (Å²) in [6.07, 6.45) is 0. The van der Waals surface area contributed by atoms with Gasteiger partial charge in [0.25, 0.3) is 0 Å². The van der Waals surface area contributed by atoms with E-state index in [-0.39, 0.29) is 0 Å². The Hall–Kier alpha value is -0.300. The van der Waals surface area contributed by atoms with Crippen LogP contribution in [-0.2, 0) is 0 Å². The second kappa shape index (κ2) is 5.16. The van der Waals surface area contributed by atoms with Gasteiger partial charge in [0.2, 0.25) is 0 Å². The molecular weight excluding hydrogens is 248 g/mol. The fourth-order valence-electron chi connectivity index (χ4n) is 1.81. The van der Waals surface area contributed by atoms with Gasteiger partial charge >= 0.3 is 0 Å². The Morgan fingerprint density at radius 1 is 0.867 bits per heavy atom. The van der Waals surface area contributed by atoms with Gasteiger partial charge in [-0.05, 0) is 35.4 Å². The van der Waals surface area contributed by atoms with Gasteiger partial charge in [0, 0.05) is 4.83 Å². The van der Waals surface area contributed by atoms with Gasteiger partial charge in [-0.2, -0.15) is 0 Å². The van der Waals surface area contributed by atoms with Crippen LogP contribution in [0.1, 0.15) is 68.0 Å². The molecule has 1 aromatic rings. The van der Waals surface area contributed by atoms with Crippen molar-refractivity contribution < 1.29 is 0 Å². The van der Waals surface area contributed by atoms with Gasteiger partial charge in [0.1, 0.15) is 0 Å². The number of rotatable bonds is 3. The molecule has 0 heterocycles. The summed E-state index contributed by atoms with van der Waals surface area (Å²) in [5.41, 5.74) is 4.34. The molecule has 1 heteroatoms. The Kier molecular flexibility index (Phi) is 4.39. The lowest BCUT2D eigenvalue weighted by molar-refractivity contribution is 0.817. The molecule has 84 valence electrons. The van der Waals surface area contributed by atoms with Crippen molar-refractivity contribution in [3.8, 4) is 0 Å². The van der Waals surface area contributed by atoms with E-state index >= 15 is 0 Å². The molecule has 0 bridgehead atoms. The van der Waals surface area contributed by atoms with E-state index in [1.165, 1.54) is 16.7 Å². The van der Waals surface area contributed by atoms with E-state index in [0.717, 1.165) is 0 Å². The lowest BCUT2D eigenvalue weighted by atomic mass is 9.90. The Labute approximate surface area is 102 Å². The van der Waals surface area contributed by atoms with Gasteiger partial charge in [0.15, 0.2) is 0 Å². The summed E-state index contributed by atoms with van der Waals surface area (Å²) in [6, 6.07) is 6.89. The van der Waals surface area contributed by atoms with Gasteiger partial charge in [-0.3, -0.25) is 0 Å². The van der Waals surface area contributed by atoms with Crippen LogP contribution < -0.4 is 0 Å². The van der Waals surface area contributed by atoms with Crippen molar-refractivity contribution in [2.45, 2.75) is 51.3 Å². The summed E-state index contributed by atoms with van der Waals surface area (Å²) in [4.78, 5) is 0.441. The quantitative estimate of drug-likeness (QED) is 0.645. The standard InChI is InChI=1S/C14H21Br/c1-9(2)12-6-7-13(11(5)15)14(8-12)10(3)4/h6-11H,1-5H3. The minimum absolute atomic E-state index is 0.441. The van der Waals surface area contributed by atoms with Crippen molar-refractivity contribution in [1.82, 2.24) is 0 Å². The minimum atomic E-state index is 0.441. The number of halogens is 1. The molecule has 0 N–H and O–H groups in total. The van der Waals surface area contributed by atoms with E-state index in [4.69, 9.17) is 0 Å². The van der Waals surface area contributed by atoms with Crippen LogP contribution in [0.4, 0.5) is 0 Å². The molecule has 0 aliphatic carbocycles. The van der Waals surface area contributed by atoms with Crippen LogP contribution in [0.3, 0.4) is 0 Å². The maximum atomic E-state index is 3.66. The average molecular weight is 269 g/mol. The number of hydrogen-bond acceptors (Lipinski definition) is 0. The summed E-state index contributed by atoms with van der Waals surface area (Å²) in [5, 5.41) is 0. The Morgan fingerprint density at radius 2 is 1.47 bits per heavy atom. The molecular formula is C14H21Br. The van der Waals surface area contributed by atoms with Crippen molar-refractivity contribution in [2.24, 2.45) is 0 Å². The molecule has 0 nitrogen and oxygen atoms in total. The third-order valence-electron chi connectivity index (χ3n) is 2.83. The van der Waals surface area contributed by atoms with Gasteiger partial charge in [-0.25, -0.2) is 0 Å². The highest BCUT2D eigenvalue weighted by atomic mass is 79.9. The molecule has 0 fully saturated rings. The van der Waals surface area contributed by atoms with E-state index in [1.54, 1.807) is 0 Å². The van der Waals surface area contributed by atoms with Crippen LogP contribution in [0.5, 0.6) is 0 Å². The van der Waals surface area contributed by atoms with E-state index in [9.17, 15) is 0 Å². The lowest BCUT2D eigenvalue weighted by Crippen LogP contribution is -1.99. The summed E-state index contributed by atoms with van der Waals surface area (Å²) in [6.45, 7) is 11.2. The second-order valence-electron chi connectivity index (χ2n) is 4.81. The second-order valence-corrected chi connectivity index (χ2v) is 6.19. The molecule has 15 heavy (non-hydrogen) atoms. The Balaban J connectivity index is 3.21. The Morgan fingerprint density at radius 3 is 1.87 bits per heavy atom. The third-order valence-corrected chi connectivity index (χ3v) is 3.32. The topological polar surface area (TPSA) is 0 Å². The van der Waals surface area contributed by atoms with Crippen LogP contribution in [0.25, 0.3) is 0 Å². The first kappa shape index (κ1) is 12.8. The zero-order valence-electron chi connectivity index (χ0n) is 10.3. The maximum absolute atomic E-state index is 3.66. The molecule has 0 aromatic heterocycles. The van der Waals surface area contributed by atoms with Crippen molar-refractivity contribution >= 4 is 15.9 Å². The molecule has 1 aromatic carbocycles. The van der Waals surface area contributed by atoms with Crippen molar-refractivity contribution in [3.63, 3.8) is 0 Å². The van der Waals surface area contributed by atoms with Gasteiger partial charge in [0.05, 0.1) is 0 Å². The van der Waals surface area contributed by atoms with Crippen molar-refractivity contribution in [2.75, 3.05) is 0 Å². The summed E-state index contributed by atoms with van der Waals surface area (Å²) in [7, 11) is 0. The van der Waals surface area contributed by atoms with Crippen LogP contribution in [0.2, 0.25) is 0 Å². The molecule has 0 spiro atoms. The van der Waals surface area contributed by atoms with E-state index in [2.05, 4.69) is 68.7 Å². The highest BCUT2D eigenvalue weighted by Crippen LogP contribution is 2.32. The molecule has 0 amide bonds. The first-order valence-electron chi connectivity index (χ1n) is 5.71. The van der Waals surface area contributed by atoms with Crippen molar-refractivity contribution in [3.05, 3.63) is 34.9 Å².